The highest BCUT2D eigenvalue weighted by atomic mass is 79.9. The molecule has 5 nitrogen and oxygen atoms in total. The van der Waals surface area contributed by atoms with Crippen molar-refractivity contribution < 1.29 is 13.2 Å². The molecule has 3 aromatic carbocycles. The number of carbonyl (C=O) groups excluding carboxylic acids is 1. The van der Waals surface area contributed by atoms with Crippen LogP contribution in [-0.2, 0) is 21.2 Å². The number of amides is 1. The summed E-state index contributed by atoms with van der Waals surface area (Å²) >= 11 is 15.6. The molecule has 0 radical (unpaired) electrons. The highest BCUT2D eigenvalue weighted by Crippen LogP contribution is 2.30. The van der Waals surface area contributed by atoms with E-state index in [0.29, 0.717) is 0 Å². The Morgan fingerprint density at radius 2 is 1.50 bits per heavy atom. The topological polar surface area (TPSA) is 75.3 Å². The Kier molecular flexibility index (Phi) is 7.55. The first kappa shape index (κ1) is 22.8. The number of halogens is 3. The number of para-hydroxylation sites is 1. The molecule has 0 saturated carbocycles. The van der Waals surface area contributed by atoms with Crippen LogP contribution < -0.4 is 10.0 Å². The molecule has 30 heavy (non-hydrogen) atoms. The Bertz CT molecular complexity index is 1120. The van der Waals surface area contributed by atoms with E-state index in [1.807, 2.05) is 30.3 Å². The fraction of sp³-hybridized carbons (Fsp3) is 0.0952. The number of hydrogen-bond acceptors (Lipinski definition) is 3. The van der Waals surface area contributed by atoms with Crippen LogP contribution in [-0.4, -0.2) is 20.4 Å². The van der Waals surface area contributed by atoms with Gasteiger partial charge in [-0.25, -0.2) is 8.42 Å². The summed E-state index contributed by atoms with van der Waals surface area (Å²) < 4.78 is 29.0. The standard InChI is InChI=1S/C21H17BrCl2N2O3S/c22-15-9-11-16(12-10-15)30(28,29)26-19(13-14-5-2-1-3-6-14)21(27)25-20-17(23)7-4-8-18(20)24/h1-12,19,26H,13H2,(H,25,27)/t19-/m1/s1. The molecular formula is C21H17BrCl2N2O3S. The van der Waals surface area contributed by atoms with Crippen LogP contribution in [0.1, 0.15) is 5.56 Å². The van der Waals surface area contributed by atoms with E-state index in [0.717, 1.165) is 10.0 Å². The van der Waals surface area contributed by atoms with Crippen molar-refractivity contribution in [2.24, 2.45) is 0 Å². The van der Waals surface area contributed by atoms with Crippen LogP contribution in [0.4, 0.5) is 5.69 Å². The Hall–Kier alpha value is -1.90. The average molecular weight is 528 g/mol. The fourth-order valence-corrected chi connectivity index (χ4v) is 4.69. The number of hydrogen-bond donors (Lipinski definition) is 2. The lowest BCUT2D eigenvalue weighted by atomic mass is 10.1. The lowest BCUT2D eigenvalue weighted by Crippen LogP contribution is -2.45. The zero-order valence-corrected chi connectivity index (χ0v) is 19.4. The highest BCUT2D eigenvalue weighted by Gasteiger charge is 2.27. The number of rotatable bonds is 7. The molecule has 0 fully saturated rings. The third kappa shape index (κ3) is 5.83. The third-order valence-corrected chi connectivity index (χ3v) is 6.88. The Labute approximate surface area is 193 Å². The largest absolute Gasteiger partial charge is 0.322 e. The second kappa shape index (κ2) is 9.94. The van der Waals surface area contributed by atoms with Crippen LogP contribution in [0.5, 0.6) is 0 Å². The van der Waals surface area contributed by atoms with E-state index >= 15 is 0 Å². The summed E-state index contributed by atoms with van der Waals surface area (Å²) in [6.45, 7) is 0. The van der Waals surface area contributed by atoms with Gasteiger partial charge < -0.3 is 5.32 Å². The van der Waals surface area contributed by atoms with E-state index in [1.54, 1.807) is 30.3 Å². The normalized spacial score (nSPS) is 12.4. The van der Waals surface area contributed by atoms with Crippen LogP contribution >= 0.6 is 39.1 Å². The van der Waals surface area contributed by atoms with Crippen LogP contribution in [0.25, 0.3) is 0 Å². The predicted octanol–water partition coefficient (Wildman–Crippen LogP) is 5.28. The number of anilines is 1. The molecule has 9 heteroatoms. The quantitative estimate of drug-likeness (QED) is 0.438. The molecule has 0 bridgehead atoms. The summed E-state index contributed by atoms with van der Waals surface area (Å²) in [4.78, 5) is 13.1. The van der Waals surface area contributed by atoms with Crippen molar-refractivity contribution in [3.63, 3.8) is 0 Å². The molecule has 0 unspecified atom stereocenters. The van der Waals surface area contributed by atoms with Gasteiger partial charge in [-0.15, -0.1) is 0 Å². The molecule has 0 aliphatic carbocycles. The lowest BCUT2D eigenvalue weighted by molar-refractivity contribution is -0.117. The molecule has 2 N–H and O–H groups in total. The average Bonchev–Trinajstić information content (AvgIpc) is 2.71. The maximum Gasteiger partial charge on any atom is 0.242 e. The van der Waals surface area contributed by atoms with Gasteiger partial charge in [-0.05, 0) is 48.4 Å². The van der Waals surface area contributed by atoms with Gasteiger partial charge in [0.25, 0.3) is 0 Å². The summed E-state index contributed by atoms with van der Waals surface area (Å²) in [5.74, 6) is -0.575. The number of carbonyl (C=O) groups is 1. The first-order chi connectivity index (χ1) is 14.3. The fourth-order valence-electron chi connectivity index (χ4n) is 2.73. The van der Waals surface area contributed by atoms with Gasteiger partial charge in [0.2, 0.25) is 15.9 Å². The van der Waals surface area contributed by atoms with Gasteiger partial charge in [-0.1, -0.05) is 75.5 Å². The molecule has 3 rings (SSSR count). The monoisotopic (exact) mass is 526 g/mol. The Morgan fingerprint density at radius 3 is 2.10 bits per heavy atom. The zero-order valence-electron chi connectivity index (χ0n) is 15.5. The first-order valence-electron chi connectivity index (χ1n) is 8.83. The minimum Gasteiger partial charge on any atom is -0.322 e. The van der Waals surface area contributed by atoms with Crippen molar-refractivity contribution >= 4 is 60.7 Å². The van der Waals surface area contributed by atoms with Crippen molar-refractivity contribution in [1.82, 2.24) is 4.72 Å². The maximum absolute atomic E-state index is 13.0. The van der Waals surface area contributed by atoms with E-state index in [-0.39, 0.29) is 27.0 Å². The van der Waals surface area contributed by atoms with Crippen molar-refractivity contribution in [3.8, 4) is 0 Å². The van der Waals surface area contributed by atoms with Crippen molar-refractivity contribution in [3.05, 3.63) is 92.9 Å². The summed E-state index contributed by atoms with van der Waals surface area (Å²) in [6, 6.07) is 19.0. The van der Waals surface area contributed by atoms with Gasteiger partial charge in [0.1, 0.15) is 6.04 Å². The number of benzene rings is 3. The zero-order chi connectivity index (χ0) is 21.7. The van der Waals surface area contributed by atoms with Gasteiger partial charge in [0.15, 0.2) is 0 Å². The molecule has 1 atom stereocenters. The second-order valence-electron chi connectivity index (χ2n) is 6.40. The van der Waals surface area contributed by atoms with E-state index in [4.69, 9.17) is 23.2 Å². The molecule has 0 saturated heterocycles. The van der Waals surface area contributed by atoms with E-state index < -0.39 is 22.0 Å². The van der Waals surface area contributed by atoms with Crippen LogP contribution in [0.15, 0.2) is 82.2 Å². The van der Waals surface area contributed by atoms with Crippen LogP contribution in [0.2, 0.25) is 10.0 Å². The molecule has 0 spiro atoms. The lowest BCUT2D eigenvalue weighted by Gasteiger charge is -2.20. The Balaban J connectivity index is 1.90. The highest BCUT2D eigenvalue weighted by molar-refractivity contribution is 9.10. The van der Waals surface area contributed by atoms with Crippen LogP contribution in [0.3, 0.4) is 0 Å². The van der Waals surface area contributed by atoms with E-state index in [2.05, 4.69) is 26.0 Å². The summed E-state index contributed by atoms with van der Waals surface area (Å²) in [5.41, 5.74) is 1.02. The van der Waals surface area contributed by atoms with E-state index in [1.165, 1.54) is 12.1 Å². The molecule has 1 amide bonds. The number of nitrogens with one attached hydrogen (secondary N) is 2. The smallest absolute Gasteiger partial charge is 0.242 e. The molecule has 0 aliphatic heterocycles. The van der Waals surface area contributed by atoms with Gasteiger partial charge >= 0.3 is 0 Å². The predicted molar refractivity (Wildman–Crippen MR) is 123 cm³/mol. The van der Waals surface area contributed by atoms with Crippen molar-refractivity contribution in [1.29, 1.82) is 0 Å². The molecule has 0 aromatic heterocycles. The first-order valence-corrected chi connectivity index (χ1v) is 11.9. The summed E-state index contributed by atoms with van der Waals surface area (Å²) in [7, 11) is -3.95. The Morgan fingerprint density at radius 1 is 0.900 bits per heavy atom. The minimum atomic E-state index is -3.95. The third-order valence-electron chi connectivity index (χ3n) is 4.23. The van der Waals surface area contributed by atoms with Crippen molar-refractivity contribution in [2.45, 2.75) is 17.4 Å². The molecule has 3 aromatic rings. The second-order valence-corrected chi connectivity index (χ2v) is 9.85. The van der Waals surface area contributed by atoms with Gasteiger partial charge in [0, 0.05) is 4.47 Å². The maximum atomic E-state index is 13.0. The molecule has 156 valence electrons. The summed E-state index contributed by atoms with van der Waals surface area (Å²) in [5, 5.41) is 3.15. The summed E-state index contributed by atoms with van der Waals surface area (Å²) in [6.07, 6.45) is 0.143. The van der Waals surface area contributed by atoms with Gasteiger partial charge in [0.05, 0.1) is 20.6 Å². The van der Waals surface area contributed by atoms with Crippen molar-refractivity contribution in [2.75, 3.05) is 5.32 Å². The van der Waals surface area contributed by atoms with E-state index in [9.17, 15) is 13.2 Å². The molecule has 0 heterocycles. The SMILES string of the molecule is O=C(Nc1c(Cl)cccc1Cl)[C@@H](Cc1ccccc1)NS(=O)(=O)c1ccc(Br)cc1. The van der Waals surface area contributed by atoms with Gasteiger partial charge in [-0.2, -0.15) is 4.72 Å². The van der Waals surface area contributed by atoms with Gasteiger partial charge in [-0.3, -0.25) is 4.79 Å². The molecular weight excluding hydrogens is 511 g/mol. The molecule has 0 aliphatic rings. The van der Waals surface area contributed by atoms with Crippen LogP contribution in [0, 0.1) is 0 Å². The number of sulfonamides is 1. The minimum absolute atomic E-state index is 0.0485.